The normalized spacial score (nSPS) is 11.0. The Kier molecular flexibility index (Phi) is 6.83. The first-order valence-corrected chi connectivity index (χ1v) is 8.96. The number of rotatable bonds is 6. The zero-order valence-corrected chi connectivity index (χ0v) is 15.9. The lowest BCUT2D eigenvalue weighted by molar-refractivity contribution is -0.142. The van der Waals surface area contributed by atoms with Crippen molar-refractivity contribution in [1.29, 1.82) is 0 Å². The van der Waals surface area contributed by atoms with Gasteiger partial charge in [-0.05, 0) is 35.0 Å². The van der Waals surface area contributed by atoms with E-state index in [2.05, 4.69) is 31.4 Å². The molecule has 0 bridgehead atoms. The maximum Gasteiger partial charge on any atom is 0.311 e. The molecule has 23 heavy (non-hydrogen) atoms. The second-order valence-corrected chi connectivity index (χ2v) is 6.81. The fourth-order valence-corrected chi connectivity index (χ4v) is 3.28. The highest BCUT2D eigenvalue weighted by atomic mass is 79.9. The number of thiazole rings is 1. The summed E-state index contributed by atoms with van der Waals surface area (Å²) in [6.45, 7) is 2.12. The van der Waals surface area contributed by atoms with Crippen molar-refractivity contribution in [2.45, 2.75) is 13.3 Å². The van der Waals surface area contributed by atoms with Crippen LogP contribution in [0.15, 0.2) is 27.1 Å². The summed E-state index contributed by atoms with van der Waals surface area (Å²) < 4.78 is 5.57. The number of carbonyl (C=O) groups is 1. The SMILES string of the molecule is CCOC(=O)Cc1csc(NN=Cc2cc(Cl)cc(Br)c2Cl)n1. The first kappa shape index (κ1) is 18.2. The fraction of sp³-hybridized carbons (Fsp3) is 0.214. The van der Waals surface area contributed by atoms with Crippen LogP contribution in [0.25, 0.3) is 0 Å². The quantitative estimate of drug-likeness (QED) is 0.306. The van der Waals surface area contributed by atoms with Crippen molar-refractivity contribution in [2.75, 3.05) is 12.0 Å². The van der Waals surface area contributed by atoms with E-state index in [1.165, 1.54) is 11.3 Å². The molecule has 0 saturated heterocycles. The lowest BCUT2D eigenvalue weighted by Gasteiger charge is -2.02. The third-order valence-electron chi connectivity index (χ3n) is 2.57. The van der Waals surface area contributed by atoms with Gasteiger partial charge in [0.2, 0.25) is 5.13 Å². The largest absolute Gasteiger partial charge is 0.466 e. The van der Waals surface area contributed by atoms with Gasteiger partial charge in [-0.25, -0.2) is 4.98 Å². The number of anilines is 1. The van der Waals surface area contributed by atoms with Gasteiger partial charge < -0.3 is 4.74 Å². The van der Waals surface area contributed by atoms with Crippen LogP contribution >= 0.6 is 50.5 Å². The van der Waals surface area contributed by atoms with Crippen molar-refractivity contribution in [3.05, 3.63) is 43.3 Å². The Morgan fingerprint density at radius 3 is 3.04 bits per heavy atom. The number of aromatic nitrogens is 1. The number of ether oxygens (including phenoxy) is 1. The van der Waals surface area contributed by atoms with Gasteiger partial charge in [-0.15, -0.1) is 11.3 Å². The zero-order chi connectivity index (χ0) is 16.8. The average Bonchev–Trinajstić information content (AvgIpc) is 2.91. The van der Waals surface area contributed by atoms with Gasteiger partial charge in [-0.1, -0.05) is 23.2 Å². The highest BCUT2D eigenvalue weighted by Gasteiger charge is 2.08. The third kappa shape index (κ3) is 5.46. The predicted octanol–water partition coefficient (Wildman–Crippen LogP) is 4.76. The van der Waals surface area contributed by atoms with Gasteiger partial charge in [0.1, 0.15) is 0 Å². The number of hydrogen-bond donors (Lipinski definition) is 1. The Hall–Kier alpha value is -1.15. The molecule has 0 saturated carbocycles. The fourth-order valence-electron chi connectivity index (χ4n) is 1.63. The van der Waals surface area contributed by atoms with Crippen LogP contribution in [0, 0.1) is 0 Å². The summed E-state index contributed by atoms with van der Waals surface area (Å²) in [5, 5.41) is 7.48. The summed E-state index contributed by atoms with van der Waals surface area (Å²) in [5.74, 6) is -0.302. The van der Waals surface area contributed by atoms with E-state index >= 15 is 0 Å². The summed E-state index contributed by atoms with van der Waals surface area (Å²) in [6.07, 6.45) is 1.69. The smallest absolute Gasteiger partial charge is 0.311 e. The number of nitrogens with one attached hydrogen (secondary N) is 1. The van der Waals surface area contributed by atoms with E-state index in [0.717, 1.165) is 0 Å². The van der Waals surface area contributed by atoms with Crippen LogP contribution in [0.2, 0.25) is 10.0 Å². The molecule has 1 aromatic heterocycles. The van der Waals surface area contributed by atoms with E-state index in [1.807, 2.05) is 0 Å². The van der Waals surface area contributed by atoms with E-state index in [0.29, 0.717) is 37.5 Å². The Morgan fingerprint density at radius 2 is 2.30 bits per heavy atom. The third-order valence-corrected chi connectivity index (χ3v) is 4.86. The van der Waals surface area contributed by atoms with Crippen molar-refractivity contribution in [2.24, 2.45) is 5.10 Å². The average molecular weight is 437 g/mol. The number of benzene rings is 1. The van der Waals surface area contributed by atoms with Crippen LogP contribution < -0.4 is 5.43 Å². The Balaban J connectivity index is 1.99. The minimum atomic E-state index is -0.302. The molecule has 0 amide bonds. The maximum atomic E-state index is 11.4. The highest BCUT2D eigenvalue weighted by molar-refractivity contribution is 9.10. The molecule has 2 aromatic rings. The monoisotopic (exact) mass is 435 g/mol. The number of hydrogen-bond acceptors (Lipinski definition) is 6. The molecule has 0 radical (unpaired) electrons. The first-order chi connectivity index (χ1) is 11.0. The number of hydrazone groups is 1. The van der Waals surface area contributed by atoms with Crippen molar-refractivity contribution < 1.29 is 9.53 Å². The van der Waals surface area contributed by atoms with Gasteiger partial charge in [0.05, 0.1) is 30.0 Å². The summed E-state index contributed by atoms with van der Waals surface area (Å²) in [6, 6.07) is 3.41. The number of carbonyl (C=O) groups excluding carboxylic acids is 1. The van der Waals surface area contributed by atoms with Crippen LogP contribution in [0.1, 0.15) is 18.2 Å². The summed E-state index contributed by atoms with van der Waals surface area (Å²) in [7, 11) is 0. The number of halogens is 3. The van der Waals surface area contributed by atoms with Gasteiger partial charge in [-0.3, -0.25) is 10.2 Å². The van der Waals surface area contributed by atoms with Crippen LogP contribution in [0.5, 0.6) is 0 Å². The summed E-state index contributed by atoms with van der Waals surface area (Å²) in [5.41, 5.74) is 4.09. The van der Waals surface area contributed by atoms with Crippen molar-refractivity contribution in [3.8, 4) is 0 Å². The summed E-state index contributed by atoms with van der Waals surface area (Å²) >= 11 is 16.8. The van der Waals surface area contributed by atoms with E-state index in [9.17, 15) is 4.79 Å². The molecule has 0 spiro atoms. The molecule has 1 heterocycles. The van der Waals surface area contributed by atoms with Crippen LogP contribution in [0.4, 0.5) is 5.13 Å². The molecule has 5 nitrogen and oxygen atoms in total. The van der Waals surface area contributed by atoms with Gasteiger partial charge in [0, 0.05) is 20.4 Å². The van der Waals surface area contributed by atoms with Crippen molar-refractivity contribution in [1.82, 2.24) is 4.98 Å². The second kappa shape index (κ2) is 8.63. The minimum absolute atomic E-state index is 0.142. The Bertz CT molecular complexity index is 737. The molecule has 1 aromatic carbocycles. The predicted molar refractivity (Wildman–Crippen MR) is 97.8 cm³/mol. The second-order valence-electron chi connectivity index (χ2n) is 4.29. The van der Waals surface area contributed by atoms with E-state index in [4.69, 9.17) is 27.9 Å². The van der Waals surface area contributed by atoms with E-state index in [1.54, 1.807) is 30.7 Å². The number of esters is 1. The molecule has 0 aliphatic carbocycles. The molecule has 0 aliphatic rings. The van der Waals surface area contributed by atoms with Gasteiger partial charge in [0.25, 0.3) is 0 Å². The Morgan fingerprint density at radius 1 is 1.52 bits per heavy atom. The lowest BCUT2D eigenvalue weighted by atomic mass is 10.2. The molecule has 0 fully saturated rings. The minimum Gasteiger partial charge on any atom is -0.466 e. The Labute approximate surface area is 155 Å². The van der Waals surface area contributed by atoms with Crippen molar-refractivity contribution in [3.63, 3.8) is 0 Å². The molecule has 0 unspecified atom stereocenters. The van der Waals surface area contributed by atoms with E-state index in [-0.39, 0.29) is 12.4 Å². The first-order valence-electron chi connectivity index (χ1n) is 6.53. The molecular weight excluding hydrogens is 425 g/mol. The molecule has 0 aliphatic heterocycles. The zero-order valence-electron chi connectivity index (χ0n) is 12.0. The van der Waals surface area contributed by atoms with Crippen molar-refractivity contribution >= 4 is 67.8 Å². The van der Waals surface area contributed by atoms with Crippen LogP contribution in [-0.4, -0.2) is 23.8 Å². The molecule has 1 N–H and O–H groups in total. The molecule has 122 valence electrons. The lowest BCUT2D eigenvalue weighted by Crippen LogP contribution is -2.07. The van der Waals surface area contributed by atoms with Crippen LogP contribution in [-0.2, 0) is 16.0 Å². The topological polar surface area (TPSA) is 63.6 Å². The van der Waals surface area contributed by atoms with Gasteiger partial charge in [0.15, 0.2) is 0 Å². The standard InChI is InChI=1S/C14H12BrCl2N3O2S/c1-2-22-12(21)5-10-7-23-14(19-10)20-18-6-8-3-9(16)4-11(15)13(8)17/h3-4,6-7H,2,5H2,1H3,(H,19,20). The summed E-state index contributed by atoms with van der Waals surface area (Å²) in [4.78, 5) is 15.6. The van der Waals surface area contributed by atoms with Gasteiger partial charge >= 0.3 is 5.97 Å². The van der Waals surface area contributed by atoms with Crippen LogP contribution in [0.3, 0.4) is 0 Å². The molecule has 9 heteroatoms. The molecular formula is C14H12BrCl2N3O2S. The highest BCUT2D eigenvalue weighted by Crippen LogP contribution is 2.29. The van der Waals surface area contributed by atoms with E-state index < -0.39 is 0 Å². The molecule has 2 rings (SSSR count). The maximum absolute atomic E-state index is 11.4. The number of nitrogens with zero attached hydrogens (tertiary/aromatic N) is 2. The van der Waals surface area contributed by atoms with Gasteiger partial charge in [-0.2, -0.15) is 5.10 Å². The molecule has 0 atom stereocenters.